The highest BCUT2D eigenvalue weighted by Crippen LogP contribution is 2.37. The van der Waals surface area contributed by atoms with E-state index >= 15 is 0 Å². The molecular weight excluding hydrogens is 307 g/mol. The van der Waals surface area contributed by atoms with Gasteiger partial charge in [0.2, 0.25) is 5.91 Å². The summed E-state index contributed by atoms with van der Waals surface area (Å²) in [7, 11) is 0. The first kappa shape index (κ1) is 16.6. The lowest BCUT2D eigenvalue weighted by molar-refractivity contribution is -0.133. The predicted molar refractivity (Wildman–Crippen MR) is 87.6 cm³/mol. The van der Waals surface area contributed by atoms with Crippen LogP contribution in [0.3, 0.4) is 0 Å². The highest BCUT2D eigenvalue weighted by molar-refractivity contribution is 6.42. The Balaban J connectivity index is 2.46. The summed E-state index contributed by atoms with van der Waals surface area (Å²) in [5.41, 5.74) is 7.22. The van der Waals surface area contributed by atoms with E-state index in [9.17, 15) is 4.79 Å². The molecule has 3 nitrogen and oxygen atoms in total. The minimum atomic E-state index is -0.200. The molecule has 2 atom stereocenters. The summed E-state index contributed by atoms with van der Waals surface area (Å²) in [6.07, 6.45) is 2.19. The average Bonchev–Trinajstić information content (AvgIpc) is 2.53. The Bertz CT molecular complexity index is 519. The van der Waals surface area contributed by atoms with E-state index in [4.69, 9.17) is 28.9 Å². The van der Waals surface area contributed by atoms with Gasteiger partial charge in [0, 0.05) is 19.0 Å². The number of halogens is 2. The highest BCUT2D eigenvalue weighted by Gasteiger charge is 2.34. The van der Waals surface area contributed by atoms with Gasteiger partial charge in [0.05, 0.1) is 16.1 Å². The molecule has 1 aliphatic heterocycles. The van der Waals surface area contributed by atoms with Gasteiger partial charge in [0.25, 0.3) is 0 Å². The molecule has 2 rings (SSSR count). The van der Waals surface area contributed by atoms with Crippen LogP contribution < -0.4 is 5.73 Å². The smallest absolute Gasteiger partial charge is 0.223 e. The quantitative estimate of drug-likeness (QED) is 0.910. The van der Waals surface area contributed by atoms with Crippen molar-refractivity contribution in [1.82, 2.24) is 4.90 Å². The Morgan fingerprint density at radius 2 is 2.10 bits per heavy atom. The number of carbonyl (C=O) groups excluding carboxylic acids is 1. The number of hydrogen-bond donors (Lipinski definition) is 1. The van der Waals surface area contributed by atoms with Crippen molar-refractivity contribution in [2.24, 2.45) is 11.7 Å². The van der Waals surface area contributed by atoms with Crippen LogP contribution in [0.1, 0.15) is 44.7 Å². The van der Waals surface area contributed by atoms with Crippen molar-refractivity contribution >= 4 is 29.1 Å². The van der Waals surface area contributed by atoms with Crippen LogP contribution in [-0.4, -0.2) is 23.4 Å². The van der Waals surface area contributed by atoms with Crippen molar-refractivity contribution in [2.45, 2.75) is 45.2 Å². The largest absolute Gasteiger partial charge is 0.334 e. The molecule has 1 amide bonds. The van der Waals surface area contributed by atoms with Gasteiger partial charge in [-0.1, -0.05) is 49.2 Å². The third kappa shape index (κ3) is 3.71. The van der Waals surface area contributed by atoms with Crippen molar-refractivity contribution in [1.29, 1.82) is 0 Å². The lowest BCUT2D eigenvalue weighted by Crippen LogP contribution is -2.44. The van der Waals surface area contributed by atoms with Crippen LogP contribution in [0, 0.1) is 5.92 Å². The maximum Gasteiger partial charge on any atom is 0.223 e. The lowest BCUT2D eigenvalue weighted by atomic mass is 9.95. The molecule has 0 spiro atoms. The molecule has 5 heteroatoms. The number of nitrogens with zero attached hydrogens (tertiary/aromatic N) is 1. The third-order valence-electron chi connectivity index (χ3n) is 3.85. The number of benzene rings is 1. The normalized spacial score (nSPS) is 23.5. The van der Waals surface area contributed by atoms with Gasteiger partial charge in [-0.3, -0.25) is 4.79 Å². The van der Waals surface area contributed by atoms with Gasteiger partial charge in [-0.15, -0.1) is 0 Å². The molecule has 1 heterocycles. The van der Waals surface area contributed by atoms with Crippen LogP contribution in [0.4, 0.5) is 0 Å². The summed E-state index contributed by atoms with van der Waals surface area (Å²) in [6.45, 7) is 4.88. The zero-order chi connectivity index (χ0) is 15.6. The minimum Gasteiger partial charge on any atom is -0.334 e. The first-order valence-electron chi connectivity index (χ1n) is 7.40. The topological polar surface area (TPSA) is 46.3 Å². The van der Waals surface area contributed by atoms with E-state index in [-0.39, 0.29) is 18.0 Å². The summed E-state index contributed by atoms with van der Waals surface area (Å²) in [5, 5.41) is 1.01. The highest BCUT2D eigenvalue weighted by atomic mass is 35.5. The second-order valence-electron chi connectivity index (χ2n) is 6.08. The average molecular weight is 329 g/mol. The van der Waals surface area contributed by atoms with Crippen molar-refractivity contribution in [3.8, 4) is 0 Å². The molecule has 1 fully saturated rings. The van der Waals surface area contributed by atoms with Crippen LogP contribution in [0.5, 0.6) is 0 Å². The fourth-order valence-electron chi connectivity index (χ4n) is 2.93. The molecule has 2 N–H and O–H groups in total. The molecule has 1 aromatic carbocycles. The first-order chi connectivity index (χ1) is 9.91. The maximum atomic E-state index is 12.5. The Morgan fingerprint density at radius 3 is 2.76 bits per heavy atom. The van der Waals surface area contributed by atoms with E-state index in [1.165, 1.54) is 0 Å². The molecule has 21 heavy (non-hydrogen) atoms. The number of rotatable bonds is 3. The summed E-state index contributed by atoms with van der Waals surface area (Å²) in [6, 6.07) is 5.22. The fraction of sp³-hybridized carbons (Fsp3) is 0.562. The molecule has 1 saturated heterocycles. The molecule has 2 unspecified atom stereocenters. The van der Waals surface area contributed by atoms with Gasteiger partial charge < -0.3 is 10.6 Å². The molecule has 0 radical (unpaired) electrons. The lowest BCUT2D eigenvalue weighted by Gasteiger charge is -2.35. The summed E-state index contributed by atoms with van der Waals surface area (Å²) in [5.74, 6) is 0.525. The standard InChI is InChI=1S/C16H22Cl2N2O/c1-10(2)9-20-14(21)8-4-7-13(19)16(20)11-5-3-6-12(17)15(11)18/h3,5-6,10,13,16H,4,7-9,19H2,1-2H3. The minimum absolute atomic E-state index is 0.119. The summed E-state index contributed by atoms with van der Waals surface area (Å²) >= 11 is 12.5. The molecule has 0 aromatic heterocycles. The molecular formula is C16H22Cl2N2O. The molecule has 0 aliphatic carbocycles. The van der Waals surface area contributed by atoms with Gasteiger partial charge in [-0.25, -0.2) is 0 Å². The van der Waals surface area contributed by atoms with Gasteiger partial charge in [-0.2, -0.15) is 0 Å². The zero-order valence-electron chi connectivity index (χ0n) is 12.5. The molecule has 0 saturated carbocycles. The van der Waals surface area contributed by atoms with E-state index in [0.29, 0.717) is 28.9 Å². The molecule has 1 aromatic rings. The number of amides is 1. The van der Waals surface area contributed by atoms with Crippen molar-refractivity contribution in [3.05, 3.63) is 33.8 Å². The zero-order valence-corrected chi connectivity index (χ0v) is 14.0. The number of nitrogens with two attached hydrogens (primary N) is 1. The first-order valence-corrected chi connectivity index (χ1v) is 8.16. The Kier molecular flexibility index (Phi) is 5.53. The fourth-order valence-corrected chi connectivity index (χ4v) is 3.35. The second kappa shape index (κ2) is 6.99. The molecule has 0 bridgehead atoms. The van der Waals surface area contributed by atoms with Crippen LogP contribution >= 0.6 is 23.2 Å². The van der Waals surface area contributed by atoms with Gasteiger partial charge >= 0.3 is 0 Å². The maximum absolute atomic E-state index is 12.5. The predicted octanol–water partition coefficient (Wildman–Crippen LogP) is 4.03. The molecule has 116 valence electrons. The number of likely N-dealkylation sites (tertiary alicyclic amines) is 1. The summed E-state index contributed by atoms with van der Waals surface area (Å²) < 4.78 is 0. The van der Waals surface area contributed by atoms with Crippen LogP contribution in [-0.2, 0) is 4.79 Å². The number of carbonyl (C=O) groups is 1. The Morgan fingerprint density at radius 1 is 1.38 bits per heavy atom. The monoisotopic (exact) mass is 328 g/mol. The van der Waals surface area contributed by atoms with Crippen LogP contribution in [0.25, 0.3) is 0 Å². The van der Waals surface area contributed by atoms with Crippen molar-refractivity contribution < 1.29 is 4.79 Å². The Labute approximate surface area is 136 Å². The van der Waals surface area contributed by atoms with Gasteiger partial charge in [0.1, 0.15) is 0 Å². The van der Waals surface area contributed by atoms with E-state index in [0.717, 1.165) is 18.4 Å². The van der Waals surface area contributed by atoms with E-state index in [2.05, 4.69) is 13.8 Å². The van der Waals surface area contributed by atoms with Crippen molar-refractivity contribution in [2.75, 3.05) is 6.54 Å². The van der Waals surface area contributed by atoms with Crippen molar-refractivity contribution in [3.63, 3.8) is 0 Å². The Hall–Kier alpha value is -0.770. The third-order valence-corrected chi connectivity index (χ3v) is 4.69. The van der Waals surface area contributed by atoms with Crippen LogP contribution in [0.15, 0.2) is 18.2 Å². The van der Waals surface area contributed by atoms with Gasteiger partial charge in [-0.05, 0) is 30.4 Å². The van der Waals surface area contributed by atoms with E-state index in [1.807, 2.05) is 17.0 Å². The molecule has 1 aliphatic rings. The number of hydrogen-bond acceptors (Lipinski definition) is 2. The van der Waals surface area contributed by atoms with E-state index < -0.39 is 0 Å². The van der Waals surface area contributed by atoms with E-state index in [1.54, 1.807) is 6.07 Å². The summed E-state index contributed by atoms with van der Waals surface area (Å²) in [4.78, 5) is 14.4. The SMILES string of the molecule is CC(C)CN1C(=O)CCCC(N)C1c1cccc(Cl)c1Cl. The second-order valence-corrected chi connectivity index (χ2v) is 6.87. The van der Waals surface area contributed by atoms with Crippen LogP contribution in [0.2, 0.25) is 10.0 Å². The van der Waals surface area contributed by atoms with Gasteiger partial charge in [0.15, 0.2) is 0 Å².